The Morgan fingerprint density at radius 1 is 0.919 bits per heavy atom. The van der Waals surface area contributed by atoms with Gasteiger partial charge in [-0.25, -0.2) is 4.39 Å². The molecular formula is C30H36FN3O3. The quantitative estimate of drug-likeness (QED) is 0.343. The number of para-hydroxylation sites is 1. The van der Waals surface area contributed by atoms with Gasteiger partial charge in [0.1, 0.15) is 11.6 Å². The number of ether oxygens (including phenoxy) is 1. The summed E-state index contributed by atoms with van der Waals surface area (Å²) in [5.74, 6) is 0.434. The number of benzene rings is 2. The largest absolute Gasteiger partial charge is 0.497 e. The van der Waals surface area contributed by atoms with E-state index in [1.54, 1.807) is 34.8 Å². The molecule has 0 atom stereocenters. The minimum atomic E-state index is -0.360. The van der Waals surface area contributed by atoms with Gasteiger partial charge in [-0.3, -0.25) is 9.59 Å². The van der Waals surface area contributed by atoms with E-state index in [0.29, 0.717) is 49.5 Å². The molecule has 37 heavy (non-hydrogen) atoms. The van der Waals surface area contributed by atoms with E-state index in [1.165, 1.54) is 6.07 Å². The van der Waals surface area contributed by atoms with Crippen molar-refractivity contribution in [3.8, 4) is 22.7 Å². The molecule has 0 N–H and O–H groups in total. The highest BCUT2D eigenvalue weighted by Crippen LogP contribution is 2.32. The van der Waals surface area contributed by atoms with Crippen molar-refractivity contribution in [1.82, 2.24) is 14.4 Å². The maximum Gasteiger partial charge on any atom is 0.255 e. The third kappa shape index (κ3) is 5.87. The Morgan fingerprint density at radius 2 is 1.59 bits per heavy atom. The number of aromatic nitrogens is 1. The third-order valence-electron chi connectivity index (χ3n) is 7.12. The van der Waals surface area contributed by atoms with Gasteiger partial charge in [0, 0.05) is 38.3 Å². The summed E-state index contributed by atoms with van der Waals surface area (Å²) in [5, 5.41) is 0. The summed E-state index contributed by atoms with van der Waals surface area (Å²) in [7, 11) is 1.61. The van der Waals surface area contributed by atoms with Gasteiger partial charge in [-0.05, 0) is 61.4 Å². The summed E-state index contributed by atoms with van der Waals surface area (Å²) >= 11 is 0. The van der Waals surface area contributed by atoms with E-state index in [9.17, 15) is 14.0 Å². The molecule has 1 fully saturated rings. The minimum absolute atomic E-state index is 0.0996. The molecule has 1 aliphatic heterocycles. The van der Waals surface area contributed by atoms with Crippen LogP contribution in [0.1, 0.15) is 55.1 Å². The van der Waals surface area contributed by atoms with Crippen LogP contribution < -0.4 is 4.74 Å². The van der Waals surface area contributed by atoms with Crippen LogP contribution in [0.5, 0.6) is 5.75 Å². The number of carbonyl (C=O) groups is 2. The number of hydrogen-bond donors (Lipinski definition) is 0. The van der Waals surface area contributed by atoms with Gasteiger partial charge in [0.15, 0.2) is 0 Å². The summed E-state index contributed by atoms with van der Waals surface area (Å²) in [6.07, 6.45) is 4.87. The fourth-order valence-electron chi connectivity index (χ4n) is 4.93. The molecule has 0 radical (unpaired) electrons. The van der Waals surface area contributed by atoms with E-state index in [0.717, 1.165) is 42.7 Å². The summed E-state index contributed by atoms with van der Waals surface area (Å²) in [5.41, 5.74) is 3.19. The molecule has 3 aromatic rings. The lowest BCUT2D eigenvalue weighted by Gasteiger charge is -2.35. The summed E-state index contributed by atoms with van der Waals surface area (Å²) in [4.78, 5) is 29.9. The number of methoxy groups -OCH3 is 1. The second-order valence-electron chi connectivity index (χ2n) is 9.53. The Labute approximate surface area is 218 Å². The molecule has 0 saturated carbocycles. The maximum atomic E-state index is 14.9. The number of carbonyl (C=O) groups excluding carboxylic acids is 2. The molecule has 4 rings (SSSR count). The van der Waals surface area contributed by atoms with E-state index < -0.39 is 0 Å². The Bertz CT molecular complexity index is 1230. The zero-order valence-corrected chi connectivity index (χ0v) is 22.0. The van der Waals surface area contributed by atoms with Crippen molar-refractivity contribution in [3.63, 3.8) is 0 Å². The van der Waals surface area contributed by atoms with Gasteiger partial charge in [-0.2, -0.15) is 0 Å². The monoisotopic (exact) mass is 505 g/mol. The van der Waals surface area contributed by atoms with Crippen LogP contribution in [0, 0.1) is 12.7 Å². The Hall–Kier alpha value is -3.61. The van der Waals surface area contributed by atoms with Crippen molar-refractivity contribution in [2.75, 3.05) is 33.3 Å². The fraction of sp³-hybridized carbons (Fsp3) is 0.400. The summed E-state index contributed by atoms with van der Waals surface area (Å²) in [6.45, 7) is 6.06. The van der Waals surface area contributed by atoms with Gasteiger partial charge in [-0.1, -0.05) is 38.3 Å². The van der Waals surface area contributed by atoms with Crippen LogP contribution in [0.3, 0.4) is 0 Å². The molecule has 0 bridgehead atoms. The van der Waals surface area contributed by atoms with Crippen LogP contribution >= 0.6 is 0 Å². The second kappa shape index (κ2) is 12.1. The number of piperazine rings is 1. The average Bonchev–Trinajstić information content (AvgIpc) is 3.27. The van der Waals surface area contributed by atoms with E-state index in [1.807, 2.05) is 42.2 Å². The average molecular weight is 506 g/mol. The molecular weight excluding hydrogens is 469 g/mol. The highest BCUT2D eigenvalue weighted by atomic mass is 19.1. The molecule has 0 unspecified atom stereocenters. The maximum absolute atomic E-state index is 14.9. The first kappa shape index (κ1) is 26.5. The van der Waals surface area contributed by atoms with Gasteiger partial charge in [0.05, 0.1) is 24.1 Å². The van der Waals surface area contributed by atoms with Crippen molar-refractivity contribution >= 4 is 11.8 Å². The number of rotatable bonds is 9. The molecule has 6 nitrogen and oxygen atoms in total. The third-order valence-corrected chi connectivity index (χ3v) is 7.12. The smallest absolute Gasteiger partial charge is 0.255 e. The van der Waals surface area contributed by atoms with Crippen LogP contribution in [0.15, 0.2) is 54.6 Å². The number of hydrogen-bond acceptors (Lipinski definition) is 3. The predicted octanol–water partition coefficient (Wildman–Crippen LogP) is 5.86. The van der Waals surface area contributed by atoms with Crippen molar-refractivity contribution < 1.29 is 18.7 Å². The van der Waals surface area contributed by atoms with Gasteiger partial charge < -0.3 is 19.1 Å². The van der Waals surface area contributed by atoms with Crippen LogP contribution in [0.25, 0.3) is 16.9 Å². The molecule has 0 spiro atoms. The van der Waals surface area contributed by atoms with Crippen LogP contribution in [-0.2, 0) is 4.79 Å². The molecule has 1 aromatic heterocycles. The molecule has 7 heteroatoms. The zero-order valence-electron chi connectivity index (χ0n) is 22.0. The lowest BCUT2D eigenvalue weighted by Crippen LogP contribution is -2.50. The van der Waals surface area contributed by atoms with Gasteiger partial charge >= 0.3 is 0 Å². The Balaban J connectivity index is 1.57. The number of nitrogens with zero attached hydrogens (tertiary/aromatic N) is 3. The molecule has 2 aromatic carbocycles. The van der Waals surface area contributed by atoms with E-state index >= 15 is 0 Å². The molecule has 2 heterocycles. The number of unbranched alkanes of at least 4 members (excludes halogenated alkanes) is 3. The fourth-order valence-corrected chi connectivity index (χ4v) is 4.93. The van der Waals surface area contributed by atoms with E-state index in [4.69, 9.17) is 4.74 Å². The lowest BCUT2D eigenvalue weighted by molar-refractivity contribution is -0.132. The first-order chi connectivity index (χ1) is 17.9. The highest BCUT2D eigenvalue weighted by Gasteiger charge is 2.28. The molecule has 2 amide bonds. The topological polar surface area (TPSA) is 54.8 Å². The van der Waals surface area contributed by atoms with Crippen molar-refractivity contribution in [3.05, 3.63) is 71.7 Å². The highest BCUT2D eigenvalue weighted by molar-refractivity contribution is 5.97. The minimum Gasteiger partial charge on any atom is -0.497 e. The standard InChI is InChI=1S/C30H36FN3O3/c1-4-5-6-7-12-29(35)32-17-19-33(20-18-32)30(36)25-21-28(23-13-15-24(37-3)16-14-23)34(22(25)2)27-11-9-8-10-26(27)31/h8-11,13-16,21H,4-7,12,17-20H2,1-3H3. The number of halogens is 1. The second-order valence-corrected chi connectivity index (χ2v) is 9.53. The SMILES string of the molecule is CCCCCCC(=O)N1CCN(C(=O)c2cc(-c3ccc(OC)cc3)n(-c3ccccc3F)c2C)CC1. The molecule has 196 valence electrons. The van der Waals surface area contributed by atoms with Gasteiger partial charge in [-0.15, -0.1) is 0 Å². The van der Waals surface area contributed by atoms with Crippen LogP contribution in [0.2, 0.25) is 0 Å². The van der Waals surface area contributed by atoms with E-state index in [2.05, 4.69) is 6.92 Å². The van der Waals surface area contributed by atoms with Crippen molar-refractivity contribution in [1.29, 1.82) is 0 Å². The molecule has 0 aliphatic carbocycles. The lowest BCUT2D eigenvalue weighted by atomic mass is 10.1. The Morgan fingerprint density at radius 3 is 2.24 bits per heavy atom. The molecule has 1 aliphatic rings. The van der Waals surface area contributed by atoms with Crippen LogP contribution in [0.4, 0.5) is 4.39 Å². The normalized spacial score (nSPS) is 13.6. The van der Waals surface area contributed by atoms with Crippen LogP contribution in [-0.4, -0.2) is 59.5 Å². The number of amides is 2. The predicted molar refractivity (Wildman–Crippen MR) is 144 cm³/mol. The summed E-state index contributed by atoms with van der Waals surface area (Å²) < 4.78 is 22.0. The van der Waals surface area contributed by atoms with Crippen molar-refractivity contribution in [2.45, 2.75) is 46.0 Å². The first-order valence-corrected chi connectivity index (χ1v) is 13.1. The van der Waals surface area contributed by atoms with E-state index in [-0.39, 0.29) is 17.6 Å². The zero-order chi connectivity index (χ0) is 26.4. The summed E-state index contributed by atoms with van der Waals surface area (Å²) in [6, 6.07) is 15.9. The van der Waals surface area contributed by atoms with Gasteiger partial charge in [0.25, 0.3) is 5.91 Å². The van der Waals surface area contributed by atoms with Crippen molar-refractivity contribution in [2.24, 2.45) is 0 Å². The van der Waals surface area contributed by atoms with Gasteiger partial charge in [0.2, 0.25) is 5.91 Å². The molecule has 1 saturated heterocycles. The first-order valence-electron chi connectivity index (χ1n) is 13.1. The Kier molecular flexibility index (Phi) is 8.64.